The van der Waals surface area contributed by atoms with E-state index >= 15 is 0 Å². The molecule has 2 nitrogen and oxygen atoms in total. The van der Waals surface area contributed by atoms with Gasteiger partial charge in [-0.2, -0.15) is 0 Å². The van der Waals surface area contributed by atoms with Gasteiger partial charge in [0.15, 0.2) is 0 Å². The monoisotopic (exact) mass is 382 g/mol. The zero-order valence-corrected chi connectivity index (χ0v) is 16.9. The van der Waals surface area contributed by atoms with Gasteiger partial charge in [0.05, 0.1) is 0 Å². The minimum absolute atomic E-state index is 0.0166. The second kappa shape index (κ2) is 6.98. The molecule has 3 heteroatoms. The number of rotatable bonds is 4. The summed E-state index contributed by atoms with van der Waals surface area (Å²) in [6.07, 6.45) is 5.08. The van der Waals surface area contributed by atoms with Gasteiger partial charge in [0, 0.05) is 5.41 Å². The van der Waals surface area contributed by atoms with Crippen LogP contribution in [0.25, 0.3) is 0 Å². The Kier molecular flexibility index (Phi) is 4.80. The lowest BCUT2D eigenvalue weighted by atomic mass is 9.50. The Morgan fingerprint density at radius 3 is 2.67 bits per heavy atom. The van der Waals surface area contributed by atoms with Gasteiger partial charge >= 0.3 is 0 Å². The largest absolute Gasteiger partial charge is 0.489 e. The minimum Gasteiger partial charge on any atom is -0.489 e. The second-order valence-electron chi connectivity index (χ2n) is 8.65. The molecule has 0 aromatic heterocycles. The summed E-state index contributed by atoms with van der Waals surface area (Å²) in [6.45, 7) is 4.97. The fourth-order valence-corrected chi connectivity index (χ4v) is 5.73. The normalized spacial score (nSPS) is 29.5. The highest BCUT2D eigenvalue weighted by Crippen LogP contribution is 2.58. The Hall–Kier alpha value is -1.80. The number of hydrogen-bond acceptors (Lipinski definition) is 2. The molecule has 142 valence electrons. The Balaban J connectivity index is 1.64. The highest BCUT2D eigenvalue weighted by Gasteiger charge is 2.54. The van der Waals surface area contributed by atoms with Gasteiger partial charge in [-0.1, -0.05) is 56.7 Å². The molecule has 27 heavy (non-hydrogen) atoms. The first-order chi connectivity index (χ1) is 12.9. The molecule has 0 N–H and O–H groups in total. The maximum Gasteiger partial charge on any atom is 0.227 e. The lowest BCUT2D eigenvalue weighted by molar-refractivity contribution is -0.127. The number of benzene rings is 2. The highest BCUT2D eigenvalue weighted by molar-refractivity contribution is 6.64. The predicted molar refractivity (Wildman–Crippen MR) is 109 cm³/mol. The van der Waals surface area contributed by atoms with Gasteiger partial charge in [0.1, 0.15) is 12.4 Å². The zero-order chi connectivity index (χ0) is 19.1. The number of ether oxygens (including phenoxy) is 1. The number of carbonyl (C=O) groups excluding carboxylic acids is 1. The Bertz CT molecular complexity index is 847. The molecule has 0 bridgehead atoms. The topological polar surface area (TPSA) is 26.3 Å². The van der Waals surface area contributed by atoms with Crippen molar-refractivity contribution in [1.29, 1.82) is 0 Å². The van der Waals surface area contributed by atoms with E-state index in [9.17, 15) is 4.79 Å². The maximum atomic E-state index is 12.3. The van der Waals surface area contributed by atoms with Crippen LogP contribution < -0.4 is 4.74 Å². The molecule has 1 fully saturated rings. The lowest BCUT2D eigenvalue weighted by Gasteiger charge is -2.54. The Morgan fingerprint density at radius 1 is 1.15 bits per heavy atom. The van der Waals surface area contributed by atoms with Crippen LogP contribution >= 0.6 is 11.6 Å². The maximum absolute atomic E-state index is 12.3. The smallest absolute Gasteiger partial charge is 0.227 e. The standard InChI is InChI=1S/C24H27ClO2/c1-23-13-6-14-24(2,22(25)26)21(23)12-10-18-9-11-19(15-20(18)23)27-16-17-7-4-3-5-8-17/h3-5,7-9,11,15,21H,6,10,12-14,16H2,1-2H3/t21-,23-,24+/m1/s1. The average molecular weight is 383 g/mol. The lowest BCUT2D eigenvalue weighted by Crippen LogP contribution is -2.51. The van der Waals surface area contributed by atoms with E-state index in [4.69, 9.17) is 16.3 Å². The fourth-order valence-electron chi connectivity index (χ4n) is 5.50. The molecular weight excluding hydrogens is 356 g/mol. The predicted octanol–water partition coefficient (Wildman–Crippen LogP) is 6.04. The van der Waals surface area contributed by atoms with Gasteiger partial charge in [-0.05, 0) is 77.4 Å². The van der Waals surface area contributed by atoms with Crippen LogP contribution in [0.1, 0.15) is 56.2 Å². The molecule has 1 saturated carbocycles. The van der Waals surface area contributed by atoms with E-state index in [1.165, 1.54) is 11.1 Å². The van der Waals surface area contributed by atoms with Crippen LogP contribution in [0.15, 0.2) is 48.5 Å². The summed E-state index contributed by atoms with van der Waals surface area (Å²) in [7, 11) is 0. The van der Waals surface area contributed by atoms with Crippen molar-refractivity contribution in [2.24, 2.45) is 11.3 Å². The third-order valence-electron chi connectivity index (χ3n) is 7.03. The van der Waals surface area contributed by atoms with E-state index < -0.39 is 5.41 Å². The van der Waals surface area contributed by atoms with Crippen molar-refractivity contribution in [3.63, 3.8) is 0 Å². The molecule has 2 aliphatic rings. The van der Waals surface area contributed by atoms with Gasteiger partial charge in [0.2, 0.25) is 5.24 Å². The van der Waals surface area contributed by atoms with Crippen molar-refractivity contribution in [3.05, 3.63) is 65.2 Å². The number of carbonyl (C=O) groups is 1. The molecule has 0 saturated heterocycles. The highest BCUT2D eigenvalue weighted by atomic mass is 35.5. The third kappa shape index (κ3) is 3.18. The van der Waals surface area contributed by atoms with Crippen LogP contribution in [0, 0.1) is 11.3 Å². The van der Waals surface area contributed by atoms with E-state index in [1.54, 1.807) is 0 Å². The van der Waals surface area contributed by atoms with Crippen molar-refractivity contribution < 1.29 is 9.53 Å². The van der Waals surface area contributed by atoms with Gasteiger partial charge in [-0.25, -0.2) is 0 Å². The molecule has 2 aliphatic carbocycles. The summed E-state index contributed by atoms with van der Waals surface area (Å²) in [5.74, 6) is 1.20. The second-order valence-corrected chi connectivity index (χ2v) is 8.99. The van der Waals surface area contributed by atoms with Gasteiger partial charge < -0.3 is 4.74 Å². The molecule has 2 aromatic carbocycles. The summed E-state index contributed by atoms with van der Waals surface area (Å²) in [5.41, 5.74) is 3.47. The van der Waals surface area contributed by atoms with Gasteiger partial charge in [0.25, 0.3) is 0 Å². The molecule has 4 rings (SSSR count). The third-order valence-corrected chi connectivity index (χ3v) is 7.46. The summed E-state index contributed by atoms with van der Waals surface area (Å²) in [6, 6.07) is 16.7. The SMILES string of the molecule is C[C@]1(C(=O)Cl)CCC[C@]2(C)c3cc(OCc4ccccc4)ccc3CC[C@@H]12. The van der Waals surface area contributed by atoms with E-state index in [0.29, 0.717) is 12.5 Å². The molecule has 0 radical (unpaired) electrons. The van der Waals surface area contributed by atoms with Crippen molar-refractivity contribution in [3.8, 4) is 5.75 Å². The number of fused-ring (bicyclic) bond motifs is 3. The first-order valence-electron chi connectivity index (χ1n) is 9.93. The van der Waals surface area contributed by atoms with E-state index in [0.717, 1.165) is 43.4 Å². The molecular formula is C24H27ClO2. The van der Waals surface area contributed by atoms with Gasteiger partial charge in [-0.3, -0.25) is 4.79 Å². The van der Waals surface area contributed by atoms with E-state index in [-0.39, 0.29) is 10.7 Å². The van der Waals surface area contributed by atoms with Crippen molar-refractivity contribution in [1.82, 2.24) is 0 Å². The van der Waals surface area contributed by atoms with E-state index in [2.05, 4.69) is 44.2 Å². The average Bonchev–Trinajstić information content (AvgIpc) is 2.67. The van der Waals surface area contributed by atoms with Gasteiger partial charge in [-0.15, -0.1) is 0 Å². The van der Waals surface area contributed by atoms with E-state index in [1.807, 2.05) is 18.2 Å². The van der Waals surface area contributed by atoms with Crippen LogP contribution in [0.2, 0.25) is 0 Å². The van der Waals surface area contributed by atoms with Crippen LogP contribution in [-0.4, -0.2) is 5.24 Å². The molecule has 0 amide bonds. The summed E-state index contributed by atoms with van der Waals surface area (Å²) in [5, 5.41) is -0.168. The first kappa shape index (κ1) is 18.6. The molecule has 2 aromatic rings. The van der Waals surface area contributed by atoms with Crippen LogP contribution in [0.3, 0.4) is 0 Å². The summed E-state index contributed by atoms with van der Waals surface area (Å²) in [4.78, 5) is 12.3. The molecule has 3 atom stereocenters. The van der Waals surface area contributed by atoms with Crippen LogP contribution in [0.5, 0.6) is 5.75 Å². The molecule has 0 unspecified atom stereocenters. The minimum atomic E-state index is -0.423. The fraction of sp³-hybridized carbons (Fsp3) is 0.458. The van der Waals surface area contributed by atoms with Crippen molar-refractivity contribution >= 4 is 16.8 Å². The summed E-state index contributed by atoms with van der Waals surface area (Å²) < 4.78 is 6.09. The quantitative estimate of drug-likeness (QED) is 0.602. The number of halogens is 1. The zero-order valence-electron chi connectivity index (χ0n) is 16.1. The van der Waals surface area contributed by atoms with Crippen molar-refractivity contribution in [2.45, 2.75) is 58.0 Å². The summed E-state index contributed by atoms with van der Waals surface area (Å²) >= 11 is 6.09. The first-order valence-corrected chi connectivity index (χ1v) is 10.3. The molecule has 0 aliphatic heterocycles. The van der Waals surface area contributed by atoms with Crippen molar-refractivity contribution in [2.75, 3.05) is 0 Å². The number of aryl methyl sites for hydroxylation is 1. The number of hydrogen-bond donors (Lipinski definition) is 0. The van der Waals surface area contributed by atoms with Crippen LogP contribution in [0.4, 0.5) is 0 Å². The Labute approximate surface area is 166 Å². The molecule has 0 heterocycles. The Morgan fingerprint density at radius 2 is 1.93 bits per heavy atom. The molecule has 0 spiro atoms. The van der Waals surface area contributed by atoms with Crippen LogP contribution in [-0.2, 0) is 23.2 Å².